The summed E-state index contributed by atoms with van der Waals surface area (Å²) >= 11 is -2.45. The number of anilines is 1. The van der Waals surface area contributed by atoms with Crippen molar-refractivity contribution in [2.75, 3.05) is 5.32 Å². The minimum absolute atomic E-state index is 0. The molecule has 0 aliphatic carbocycles. The van der Waals surface area contributed by atoms with E-state index in [4.69, 9.17) is 0 Å². The minimum atomic E-state index is -3.76. The first kappa shape index (κ1) is 13.8. The maximum Gasteiger partial charge on any atom is 1.00 e. The van der Waals surface area contributed by atoms with Gasteiger partial charge in [-0.25, -0.2) is 0 Å². The topological polar surface area (TPSA) is 98.7 Å². The first-order valence-corrected chi connectivity index (χ1v) is 6.31. The van der Waals surface area contributed by atoms with Crippen molar-refractivity contribution in [3.63, 3.8) is 0 Å². The first-order chi connectivity index (χ1) is 7.00. The summed E-state index contributed by atoms with van der Waals surface area (Å²) in [7, 11) is -3.76. The van der Waals surface area contributed by atoms with Crippen molar-refractivity contribution in [3.05, 3.63) is 18.2 Å². The molecule has 6 nitrogen and oxygen atoms in total. The maximum absolute atomic E-state index is 11.4. The fourth-order valence-corrected chi connectivity index (χ4v) is 2.61. The van der Waals surface area contributed by atoms with Crippen LogP contribution >= 0.6 is 0 Å². The molecule has 1 aromatic rings. The molecule has 1 aliphatic heterocycles. The Morgan fingerprint density at radius 2 is 2.06 bits per heavy atom. The van der Waals surface area contributed by atoms with Crippen molar-refractivity contribution in [2.45, 2.75) is 9.79 Å². The third kappa shape index (κ3) is 2.53. The van der Waals surface area contributed by atoms with E-state index >= 15 is 0 Å². The predicted octanol–water partition coefficient (Wildman–Crippen LogP) is -2.93. The Morgan fingerprint density at radius 1 is 1.38 bits per heavy atom. The molecule has 1 unspecified atom stereocenters. The number of rotatable bonds is 1. The summed E-state index contributed by atoms with van der Waals surface area (Å²) in [6.07, 6.45) is 1.05. The Morgan fingerprint density at radius 3 is 2.69 bits per heavy atom. The second kappa shape index (κ2) is 4.94. The summed E-state index contributed by atoms with van der Waals surface area (Å²) in [5.74, 6) is 0. The zero-order valence-corrected chi connectivity index (χ0v) is 11.8. The number of nitrogens with zero attached hydrogens (tertiary/aromatic N) is 1. The van der Waals surface area contributed by atoms with Gasteiger partial charge in [-0.1, -0.05) is 0 Å². The monoisotopic (exact) mass is 268 g/mol. The van der Waals surface area contributed by atoms with Crippen LogP contribution in [0.1, 0.15) is 0 Å². The SMILES string of the molecule is O=S([O-])c1ccc2c(c1)S(=O)(=O)N=CN2.[Na+]. The molecule has 0 amide bonds. The Balaban J connectivity index is 0.00000128. The second-order valence-corrected chi connectivity index (χ2v) is 5.29. The van der Waals surface area contributed by atoms with E-state index in [2.05, 4.69) is 9.71 Å². The van der Waals surface area contributed by atoms with Gasteiger partial charge in [0.25, 0.3) is 10.0 Å². The Hall–Kier alpha value is -0.250. The third-order valence-electron chi connectivity index (χ3n) is 1.83. The number of fused-ring (bicyclic) bond motifs is 1. The van der Waals surface area contributed by atoms with Crippen molar-refractivity contribution in [3.8, 4) is 0 Å². The van der Waals surface area contributed by atoms with Crippen LogP contribution in [0.4, 0.5) is 5.69 Å². The van der Waals surface area contributed by atoms with E-state index in [0.29, 0.717) is 5.69 Å². The molecular weight excluding hydrogens is 263 g/mol. The fraction of sp³-hybridized carbons (Fsp3) is 0. The van der Waals surface area contributed by atoms with Crippen LogP contribution in [0.25, 0.3) is 0 Å². The molecule has 1 atom stereocenters. The van der Waals surface area contributed by atoms with E-state index in [1.165, 1.54) is 12.1 Å². The van der Waals surface area contributed by atoms with Gasteiger partial charge in [-0.3, -0.25) is 4.21 Å². The van der Waals surface area contributed by atoms with E-state index in [-0.39, 0.29) is 39.3 Å². The van der Waals surface area contributed by atoms with Gasteiger partial charge in [0.15, 0.2) is 0 Å². The van der Waals surface area contributed by atoms with E-state index in [0.717, 1.165) is 12.4 Å². The van der Waals surface area contributed by atoms with Crippen molar-refractivity contribution < 1.29 is 46.7 Å². The molecule has 1 heterocycles. The molecule has 1 aromatic carbocycles. The van der Waals surface area contributed by atoms with Crippen LogP contribution in [0, 0.1) is 0 Å². The van der Waals surface area contributed by atoms with Crippen LogP contribution in [-0.4, -0.2) is 23.5 Å². The number of hydrogen-bond acceptors (Lipinski definition) is 5. The molecule has 0 saturated heterocycles. The van der Waals surface area contributed by atoms with Crippen LogP contribution in [0.5, 0.6) is 0 Å². The van der Waals surface area contributed by atoms with Crippen LogP contribution in [0.15, 0.2) is 32.4 Å². The quantitative estimate of drug-likeness (QED) is 0.434. The van der Waals surface area contributed by atoms with Gasteiger partial charge >= 0.3 is 29.6 Å². The minimum Gasteiger partial charge on any atom is -0.768 e. The van der Waals surface area contributed by atoms with Crippen LogP contribution in [0.2, 0.25) is 0 Å². The number of nitrogens with one attached hydrogen (secondary N) is 1. The van der Waals surface area contributed by atoms with Crippen molar-refractivity contribution in [1.82, 2.24) is 0 Å². The molecule has 1 N–H and O–H groups in total. The molecule has 2 rings (SSSR count). The average molecular weight is 268 g/mol. The molecule has 0 saturated carbocycles. The maximum atomic E-state index is 11.4. The number of benzene rings is 1. The standard InChI is InChI=1S/C7H6N2O4S2.Na/c10-14(11)5-1-2-6-7(3-5)15(12,13)9-4-8-6;/h1-4H,(H,8,9)(H,10,11);/q;+1/p-1. The summed E-state index contributed by atoms with van der Waals surface area (Å²) < 4.78 is 47.3. The Bertz CT molecular complexity index is 570. The molecule has 16 heavy (non-hydrogen) atoms. The van der Waals surface area contributed by atoms with Gasteiger partial charge in [0.2, 0.25) is 0 Å². The molecule has 0 bridgehead atoms. The van der Waals surface area contributed by atoms with Gasteiger partial charge in [-0.15, -0.1) is 4.40 Å². The van der Waals surface area contributed by atoms with Gasteiger partial charge in [-0.2, -0.15) is 8.42 Å². The predicted molar refractivity (Wildman–Crippen MR) is 52.9 cm³/mol. The second-order valence-electron chi connectivity index (χ2n) is 2.75. The van der Waals surface area contributed by atoms with Crippen molar-refractivity contribution >= 4 is 33.1 Å². The average Bonchev–Trinajstić information content (AvgIpc) is 2.17. The molecular formula is C7H5N2NaO4S2. The van der Waals surface area contributed by atoms with Crippen molar-refractivity contribution in [2.24, 2.45) is 4.40 Å². The third-order valence-corrected chi connectivity index (χ3v) is 3.75. The summed E-state index contributed by atoms with van der Waals surface area (Å²) in [6, 6.07) is 3.75. The molecule has 0 spiro atoms. The van der Waals surface area contributed by atoms with E-state index < -0.39 is 21.1 Å². The normalized spacial score (nSPS) is 17.8. The zero-order valence-electron chi connectivity index (χ0n) is 8.21. The van der Waals surface area contributed by atoms with E-state index in [1.54, 1.807) is 0 Å². The summed E-state index contributed by atoms with van der Waals surface area (Å²) in [5, 5.41) is 2.61. The van der Waals surface area contributed by atoms with Gasteiger partial charge in [0.05, 0.1) is 5.69 Å². The Labute approximate surface area is 117 Å². The summed E-state index contributed by atoms with van der Waals surface area (Å²) in [4.78, 5) is -0.220. The molecule has 80 valence electrons. The first-order valence-electron chi connectivity index (χ1n) is 3.79. The van der Waals surface area contributed by atoms with Gasteiger partial charge in [0, 0.05) is 4.90 Å². The smallest absolute Gasteiger partial charge is 0.768 e. The molecule has 0 fully saturated rings. The summed E-state index contributed by atoms with van der Waals surface area (Å²) in [5.41, 5.74) is 0.319. The van der Waals surface area contributed by atoms with Crippen LogP contribution in [0.3, 0.4) is 0 Å². The number of sulfonamides is 1. The molecule has 1 aliphatic rings. The van der Waals surface area contributed by atoms with Crippen LogP contribution in [-0.2, 0) is 21.1 Å². The number of hydrogen-bond donors (Lipinski definition) is 1. The Kier molecular flexibility index (Phi) is 4.27. The van der Waals surface area contributed by atoms with Gasteiger partial charge < -0.3 is 9.87 Å². The van der Waals surface area contributed by atoms with Crippen LogP contribution < -0.4 is 34.9 Å². The van der Waals surface area contributed by atoms with Gasteiger partial charge in [0.1, 0.15) is 11.2 Å². The van der Waals surface area contributed by atoms with E-state index in [1.807, 2.05) is 0 Å². The fourth-order valence-electron chi connectivity index (χ4n) is 1.16. The largest absolute Gasteiger partial charge is 1.00 e. The molecule has 9 heteroatoms. The molecule has 0 radical (unpaired) electrons. The van der Waals surface area contributed by atoms with E-state index in [9.17, 15) is 17.2 Å². The molecule has 0 aromatic heterocycles. The zero-order chi connectivity index (χ0) is 11.1. The van der Waals surface area contributed by atoms with Crippen molar-refractivity contribution in [1.29, 1.82) is 0 Å². The van der Waals surface area contributed by atoms with Gasteiger partial charge in [-0.05, 0) is 29.3 Å². The summed E-state index contributed by atoms with van der Waals surface area (Å²) in [6.45, 7) is 0.